The van der Waals surface area contributed by atoms with Gasteiger partial charge < -0.3 is 14.7 Å². The van der Waals surface area contributed by atoms with Crippen LogP contribution >= 0.6 is 0 Å². The highest BCUT2D eigenvalue weighted by molar-refractivity contribution is 5.36. The summed E-state index contributed by atoms with van der Waals surface area (Å²) in [4.78, 5) is 2.23. The van der Waals surface area contributed by atoms with E-state index >= 15 is 0 Å². The Balaban J connectivity index is 1.48. The number of nitrogens with zero attached hydrogens (tertiary/aromatic N) is 3. The topological polar surface area (TPSA) is 80.3 Å². The molecule has 0 aliphatic carbocycles. The number of ether oxygens (including phenoxy) is 1. The standard InChI is InChI=1S/C21H21N3O2/c22-13-16-4-6-18(7-5-16)21(25)15-24-10-8-19(9-11-24)26-20-3-1-2-17(12-20)14-23/h1-7,12,19,21,25H,8-11,15H2. The number of likely N-dealkylation sites (tertiary alicyclic amines) is 1. The molecule has 1 saturated heterocycles. The first kappa shape index (κ1) is 17.9. The van der Waals surface area contributed by atoms with Crippen LogP contribution in [0.3, 0.4) is 0 Å². The molecule has 1 aliphatic heterocycles. The van der Waals surface area contributed by atoms with Crippen molar-refractivity contribution in [2.45, 2.75) is 25.0 Å². The van der Waals surface area contributed by atoms with E-state index in [4.69, 9.17) is 15.3 Å². The number of hydrogen-bond donors (Lipinski definition) is 1. The molecule has 132 valence electrons. The van der Waals surface area contributed by atoms with Crippen molar-refractivity contribution in [3.05, 3.63) is 65.2 Å². The minimum absolute atomic E-state index is 0.132. The molecule has 2 aromatic carbocycles. The molecule has 1 heterocycles. The van der Waals surface area contributed by atoms with Gasteiger partial charge in [0.2, 0.25) is 0 Å². The van der Waals surface area contributed by atoms with E-state index < -0.39 is 6.10 Å². The van der Waals surface area contributed by atoms with E-state index in [9.17, 15) is 5.11 Å². The van der Waals surface area contributed by atoms with Crippen molar-refractivity contribution in [2.75, 3.05) is 19.6 Å². The van der Waals surface area contributed by atoms with Crippen molar-refractivity contribution in [3.63, 3.8) is 0 Å². The van der Waals surface area contributed by atoms with Gasteiger partial charge in [0, 0.05) is 19.6 Å². The predicted molar refractivity (Wildman–Crippen MR) is 97.4 cm³/mol. The summed E-state index contributed by atoms with van der Waals surface area (Å²) < 4.78 is 5.99. The lowest BCUT2D eigenvalue weighted by molar-refractivity contribution is 0.0610. The van der Waals surface area contributed by atoms with E-state index in [0.717, 1.165) is 37.2 Å². The molecule has 5 nitrogen and oxygen atoms in total. The third kappa shape index (κ3) is 4.61. The van der Waals surface area contributed by atoms with Gasteiger partial charge >= 0.3 is 0 Å². The van der Waals surface area contributed by atoms with Crippen LogP contribution in [0, 0.1) is 22.7 Å². The van der Waals surface area contributed by atoms with Crippen molar-refractivity contribution in [1.29, 1.82) is 10.5 Å². The Bertz CT molecular complexity index is 812. The van der Waals surface area contributed by atoms with Gasteiger partial charge in [0.05, 0.1) is 29.4 Å². The van der Waals surface area contributed by atoms with E-state index in [1.807, 2.05) is 12.1 Å². The van der Waals surface area contributed by atoms with Crippen molar-refractivity contribution in [1.82, 2.24) is 4.90 Å². The van der Waals surface area contributed by atoms with Gasteiger partial charge in [-0.25, -0.2) is 0 Å². The highest BCUT2D eigenvalue weighted by atomic mass is 16.5. The third-order valence-electron chi connectivity index (χ3n) is 4.66. The third-order valence-corrected chi connectivity index (χ3v) is 4.66. The lowest BCUT2D eigenvalue weighted by Gasteiger charge is -2.33. The van der Waals surface area contributed by atoms with Crippen LogP contribution in [0.4, 0.5) is 0 Å². The largest absolute Gasteiger partial charge is 0.490 e. The molecule has 3 rings (SSSR count). The number of hydrogen-bond acceptors (Lipinski definition) is 5. The van der Waals surface area contributed by atoms with E-state index in [-0.39, 0.29) is 6.10 Å². The first-order chi connectivity index (χ1) is 12.7. The van der Waals surface area contributed by atoms with Crippen LogP contribution in [-0.4, -0.2) is 35.7 Å². The Morgan fingerprint density at radius 2 is 1.73 bits per heavy atom. The molecule has 1 aliphatic rings. The molecule has 0 saturated carbocycles. The van der Waals surface area contributed by atoms with E-state index in [1.165, 1.54) is 0 Å². The first-order valence-electron chi connectivity index (χ1n) is 8.75. The number of aliphatic hydroxyl groups is 1. The van der Waals surface area contributed by atoms with Crippen LogP contribution in [0.1, 0.15) is 35.6 Å². The summed E-state index contributed by atoms with van der Waals surface area (Å²) in [6.45, 7) is 2.29. The van der Waals surface area contributed by atoms with Crippen molar-refractivity contribution < 1.29 is 9.84 Å². The normalized spacial score (nSPS) is 16.4. The Hall–Kier alpha value is -2.86. The first-order valence-corrected chi connectivity index (χ1v) is 8.75. The molecule has 1 atom stereocenters. The zero-order valence-corrected chi connectivity index (χ0v) is 14.5. The van der Waals surface area contributed by atoms with Crippen LogP contribution < -0.4 is 4.74 Å². The van der Waals surface area contributed by atoms with E-state index in [2.05, 4.69) is 17.0 Å². The van der Waals surface area contributed by atoms with Crippen molar-refractivity contribution in [3.8, 4) is 17.9 Å². The number of nitriles is 2. The maximum Gasteiger partial charge on any atom is 0.121 e. The van der Waals surface area contributed by atoms with Gasteiger partial charge in [-0.15, -0.1) is 0 Å². The minimum Gasteiger partial charge on any atom is -0.490 e. The van der Waals surface area contributed by atoms with Gasteiger partial charge in [-0.2, -0.15) is 10.5 Å². The van der Waals surface area contributed by atoms with Crippen LogP contribution in [0.15, 0.2) is 48.5 Å². The highest BCUT2D eigenvalue weighted by Crippen LogP contribution is 2.22. The maximum absolute atomic E-state index is 10.4. The van der Waals surface area contributed by atoms with E-state index in [0.29, 0.717) is 17.7 Å². The summed E-state index contributed by atoms with van der Waals surface area (Å²) in [6, 6.07) is 18.5. The quantitative estimate of drug-likeness (QED) is 0.899. The molecule has 26 heavy (non-hydrogen) atoms. The summed E-state index contributed by atoms with van der Waals surface area (Å²) in [6.07, 6.45) is 1.34. The average Bonchev–Trinajstić information content (AvgIpc) is 2.69. The zero-order chi connectivity index (χ0) is 18.4. The summed E-state index contributed by atoms with van der Waals surface area (Å²) in [5.74, 6) is 0.736. The number of piperidine rings is 1. The second-order valence-electron chi connectivity index (χ2n) is 6.51. The number of benzene rings is 2. The SMILES string of the molecule is N#Cc1ccc(C(O)CN2CCC(Oc3cccc(C#N)c3)CC2)cc1. The second kappa shape index (κ2) is 8.49. The lowest BCUT2D eigenvalue weighted by atomic mass is 10.0. The number of aliphatic hydroxyl groups excluding tert-OH is 1. The molecule has 0 spiro atoms. The monoisotopic (exact) mass is 347 g/mol. The second-order valence-corrected chi connectivity index (χ2v) is 6.51. The van der Waals surface area contributed by atoms with Gasteiger partial charge in [-0.3, -0.25) is 0 Å². The van der Waals surface area contributed by atoms with Crippen LogP contribution in [-0.2, 0) is 0 Å². The fraction of sp³-hybridized carbons (Fsp3) is 0.333. The fourth-order valence-electron chi connectivity index (χ4n) is 3.17. The molecule has 1 fully saturated rings. The maximum atomic E-state index is 10.4. The molecule has 0 bridgehead atoms. The molecule has 0 amide bonds. The Morgan fingerprint density at radius 3 is 2.38 bits per heavy atom. The molecular formula is C21H21N3O2. The molecule has 2 aromatic rings. The fourth-order valence-corrected chi connectivity index (χ4v) is 3.17. The lowest BCUT2D eigenvalue weighted by Crippen LogP contribution is -2.40. The van der Waals surface area contributed by atoms with Crippen LogP contribution in [0.25, 0.3) is 0 Å². The van der Waals surface area contributed by atoms with Gasteiger partial charge in [0.25, 0.3) is 0 Å². The van der Waals surface area contributed by atoms with Crippen molar-refractivity contribution >= 4 is 0 Å². The predicted octanol–water partition coefficient (Wildman–Crippen LogP) is 3.01. The summed E-state index contributed by atoms with van der Waals surface area (Å²) in [5.41, 5.74) is 2.03. The molecule has 0 aromatic heterocycles. The van der Waals surface area contributed by atoms with Gasteiger partial charge in [0.1, 0.15) is 11.9 Å². The summed E-state index contributed by atoms with van der Waals surface area (Å²) >= 11 is 0. The molecule has 5 heteroatoms. The molecular weight excluding hydrogens is 326 g/mol. The Labute approximate surface area is 153 Å². The van der Waals surface area contributed by atoms with Crippen LogP contribution in [0.2, 0.25) is 0 Å². The van der Waals surface area contributed by atoms with E-state index in [1.54, 1.807) is 36.4 Å². The van der Waals surface area contributed by atoms with Gasteiger partial charge in [-0.05, 0) is 48.7 Å². The van der Waals surface area contributed by atoms with Gasteiger partial charge in [-0.1, -0.05) is 18.2 Å². The Morgan fingerprint density at radius 1 is 1.04 bits per heavy atom. The summed E-state index contributed by atoms with van der Waals surface area (Å²) in [7, 11) is 0. The molecule has 0 radical (unpaired) electrons. The minimum atomic E-state index is -0.562. The summed E-state index contributed by atoms with van der Waals surface area (Å²) in [5, 5.41) is 28.2. The smallest absolute Gasteiger partial charge is 0.121 e. The van der Waals surface area contributed by atoms with Gasteiger partial charge in [0.15, 0.2) is 0 Å². The van der Waals surface area contributed by atoms with Crippen molar-refractivity contribution in [2.24, 2.45) is 0 Å². The highest BCUT2D eigenvalue weighted by Gasteiger charge is 2.22. The van der Waals surface area contributed by atoms with Crippen LogP contribution in [0.5, 0.6) is 5.75 Å². The zero-order valence-electron chi connectivity index (χ0n) is 14.5. The molecule has 1 N–H and O–H groups in total. The molecule has 1 unspecified atom stereocenters. The number of β-amino-alcohol motifs (C(OH)–C–C–N with tert-alkyl or cyclic N) is 1. The Kier molecular flexibility index (Phi) is 5.86. The number of rotatable bonds is 5. The average molecular weight is 347 g/mol.